The zero-order valence-electron chi connectivity index (χ0n) is 19.2. The number of piperidine rings is 2. The first kappa shape index (κ1) is 26.0. The molecule has 7 heteroatoms. The number of nitrogens with one attached hydrogen (secondary N) is 2. The highest BCUT2D eigenvalue weighted by atomic mass is 35.5. The molecule has 0 unspecified atom stereocenters. The molecule has 4 rings (SSSR count). The summed E-state index contributed by atoms with van der Waals surface area (Å²) in [4.78, 5) is 12.3. The summed E-state index contributed by atoms with van der Waals surface area (Å²) in [6.45, 7) is 6.10. The summed E-state index contributed by atoms with van der Waals surface area (Å²) < 4.78 is 5.27. The Labute approximate surface area is 206 Å². The zero-order chi connectivity index (χ0) is 23.7. The molecular formula is C26H34Cl2N2O3. The van der Waals surface area contributed by atoms with E-state index in [9.17, 15) is 9.90 Å². The fourth-order valence-corrected chi connectivity index (χ4v) is 5.00. The van der Waals surface area contributed by atoms with E-state index < -0.39 is 5.41 Å². The normalized spacial score (nSPS) is 19.2. The minimum atomic E-state index is -0.508. The summed E-state index contributed by atoms with van der Waals surface area (Å²) in [6, 6.07) is 15.4. The van der Waals surface area contributed by atoms with E-state index in [1.807, 2.05) is 55.5 Å². The van der Waals surface area contributed by atoms with Gasteiger partial charge in [-0.05, 0) is 94.2 Å². The number of carbonyl (C=O) groups is 1. The molecule has 2 heterocycles. The predicted octanol–water partition coefficient (Wildman–Crippen LogP) is 4.48. The van der Waals surface area contributed by atoms with Crippen molar-refractivity contribution >= 4 is 29.2 Å². The smallest absolute Gasteiger partial charge is 0.316 e. The molecule has 0 spiro atoms. The standard InChI is InChI=1S/C14H18ClNO2.C12H16ClNO/c1-2-18-13(17)14(7-9-16-10-8-14)11-3-5-12(15)6-4-11;13-11-3-1-10(2-4-11)12(9-15)5-7-14-8-6-12/h3-6,16H,2,7-10H2,1H3;1-4,14-15H,5-9H2. The van der Waals surface area contributed by atoms with Gasteiger partial charge in [0.05, 0.1) is 18.6 Å². The SMILES string of the molecule is CCOC(=O)C1(c2ccc(Cl)cc2)CCNCC1.OCC1(c2ccc(Cl)cc2)CCNCC1. The number of hydrogen-bond acceptors (Lipinski definition) is 5. The van der Waals surface area contributed by atoms with Crippen LogP contribution in [0.4, 0.5) is 0 Å². The molecule has 2 fully saturated rings. The van der Waals surface area contributed by atoms with Gasteiger partial charge in [0.1, 0.15) is 0 Å². The van der Waals surface area contributed by atoms with Gasteiger partial charge in [0.2, 0.25) is 0 Å². The van der Waals surface area contributed by atoms with Crippen LogP contribution >= 0.6 is 23.2 Å². The van der Waals surface area contributed by atoms with Crippen molar-refractivity contribution in [2.45, 2.75) is 43.4 Å². The first-order chi connectivity index (χ1) is 16.0. The third kappa shape index (κ3) is 6.28. The van der Waals surface area contributed by atoms with Crippen molar-refractivity contribution in [3.8, 4) is 0 Å². The van der Waals surface area contributed by atoms with E-state index in [0.29, 0.717) is 11.6 Å². The molecule has 2 aromatic rings. The zero-order valence-corrected chi connectivity index (χ0v) is 20.7. The number of ether oxygens (including phenoxy) is 1. The van der Waals surface area contributed by atoms with Crippen LogP contribution < -0.4 is 10.6 Å². The van der Waals surface area contributed by atoms with Crippen molar-refractivity contribution in [3.05, 3.63) is 69.7 Å². The minimum absolute atomic E-state index is 0.0597. The maximum atomic E-state index is 12.3. The molecular weight excluding hydrogens is 459 g/mol. The second kappa shape index (κ2) is 12.2. The quantitative estimate of drug-likeness (QED) is 0.536. The van der Waals surface area contributed by atoms with E-state index in [4.69, 9.17) is 27.9 Å². The molecule has 0 bridgehead atoms. The van der Waals surface area contributed by atoms with Gasteiger partial charge in [-0.3, -0.25) is 4.79 Å². The van der Waals surface area contributed by atoms with E-state index in [2.05, 4.69) is 10.6 Å². The lowest BCUT2D eigenvalue weighted by Gasteiger charge is -2.36. The van der Waals surface area contributed by atoms with Gasteiger partial charge in [0, 0.05) is 15.5 Å². The van der Waals surface area contributed by atoms with Crippen LogP contribution in [0, 0.1) is 0 Å². The lowest BCUT2D eigenvalue weighted by atomic mass is 9.73. The van der Waals surface area contributed by atoms with Crippen LogP contribution in [0.2, 0.25) is 10.0 Å². The number of aliphatic hydroxyl groups excluding tert-OH is 1. The Morgan fingerprint density at radius 2 is 1.30 bits per heavy atom. The molecule has 2 saturated heterocycles. The van der Waals surface area contributed by atoms with Gasteiger partial charge in [0.15, 0.2) is 0 Å². The molecule has 3 N–H and O–H groups in total. The molecule has 0 saturated carbocycles. The van der Waals surface area contributed by atoms with Crippen LogP contribution in [0.5, 0.6) is 0 Å². The van der Waals surface area contributed by atoms with Gasteiger partial charge in [0.25, 0.3) is 0 Å². The lowest BCUT2D eigenvalue weighted by molar-refractivity contribution is -0.151. The average Bonchev–Trinajstić information content (AvgIpc) is 2.86. The van der Waals surface area contributed by atoms with Gasteiger partial charge >= 0.3 is 5.97 Å². The Morgan fingerprint density at radius 1 is 0.848 bits per heavy atom. The van der Waals surface area contributed by atoms with Crippen LogP contribution in [0.3, 0.4) is 0 Å². The number of esters is 1. The van der Waals surface area contributed by atoms with Crippen LogP contribution in [-0.2, 0) is 20.4 Å². The van der Waals surface area contributed by atoms with Gasteiger partial charge < -0.3 is 20.5 Å². The number of benzene rings is 2. The van der Waals surface area contributed by atoms with Crippen molar-refractivity contribution in [1.82, 2.24) is 10.6 Å². The number of rotatable bonds is 5. The van der Waals surface area contributed by atoms with Gasteiger partial charge in [-0.1, -0.05) is 47.5 Å². The molecule has 33 heavy (non-hydrogen) atoms. The van der Waals surface area contributed by atoms with Gasteiger partial charge in [-0.15, -0.1) is 0 Å². The van der Waals surface area contributed by atoms with E-state index in [1.165, 1.54) is 5.56 Å². The summed E-state index contributed by atoms with van der Waals surface area (Å²) in [5, 5.41) is 17.6. The second-order valence-corrected chi connectivity index (χ2v) is 9.63. The number of hydrogen-bond donors (Lipinski definition) is 3. The molecule has 0 atom stereocenters. The third-order valence-corrected chi connectivity index (χ3v) is 7.34. The second-order valence-electron chi connectivity index (χ2n) is 8.75. The molecule has 0 aromatic heterocycles. The highest BCUT2D eigenvalue weighted by molar-refractivity contribution is 6.30. The molecule has 0 radical (unpaired) electrons. The topological polar surface area (TPSA) is 70.6 Å². The summed E-state index contributed by atoms with van der Waals surface area (Å²) in [5.41, 5.74) is 1.64. The number of halogens is 2. The van der Waals surface area contributed by atoms with E-state index in [0.717, 1.165) is 62.4 Å². The summed E-state index contributed by atoms with van der Waals surface area (Å²) in [5.74, 6) is -0.117. The van der Waals surface area contributed by atoms with Crippen molar-refractivity contribution < 1.29 is 14.6 Å². The van der Waals surface area contributed by atoms with Crippen LogP contribution in [-0.4, -0.2) is 50.5 Å². The van der Waals surface area contributed by atoms with E-state index in [1.54, 1.807) is 0 Å². The largest absolute Gasteiger partial charge is 0.465 e. The Kier molecular flexibility index (Phi) is 9.59. The van der Waals surface area contributed by atoms with Gasteiger partial charge in [-0.2, -0.15) is 0 Å². The molecule has 0 amide bonds. The van der Waals surface area contributed by atoms with Crippen molar-refractivity contribution in [2.24, 2.45) is 0 Å². The van der Waals surface area contributed by atoms with Crippen LogP contribution in [0.1, 0.15) is 43.7 Å². The van der Waals surface area contributed by atoms with Gasteiger partial charge in [-0.25, -0.2) is 0 Å². The van der Waals surface area contributed by atoms with Crippen molar-refractivity contribution in [1.29, 1.82) is 0 Å². The maximum Gasteiger partial charge on any atom is 0.316 e. The minimum Gasteiger partial charge on any atom is -0.465 e. The maximum absolute atomic E-state index is 12.3. The molecule has 2 aliphatic rings. The summed E-state index contributed by atoms with van der Waals surface area (Å²) in [6.07, 6.45) is 3.52. The number of carbonyl (C=O) groups excluding carboxylic acids is 1. The summed E-state index contributed by atoms with van der Waals surface area (Å²) in [7, 11) is 0. The first-order valence-corrected chi connectivity index (χ1v) is 12.4. The Bertz CT molecular complexity index is 875. The molecule has 180 valence electrons. The Balaban J connectivity index is 0.000000189. The van der Waals surface area contributed by atoms with Crippen LogP contribution in [0.15, 0.2) is 48.5 Å². The summed E-state index contributed by atoms with van der Waals surface area (Å²) >= 11 is 11.8. The Hall–Kier alpha value is -1.63. The molecule has 2 aromatic carbocycles. The predicted molar refractivity (Wildman–Crippen MR) is 134 cm³/mol. The molecule has 0 aliphatic carbocycles. The highest BCUT2D eigenvalue weighted by Crippen LogP contribution is 2.36. The van der Waals surface area contributed by atoms with E-state index >= 15 is 0 Å². The van der Waals surface area contributed by atoms with E-state index in [-0.39, 0.29) is 18.0 Å². The lowest BCUT2D eigenvalue weighted by Crippen LogP contribution is -2.46. The molecule has 2 aliphatic heterocycles. The Morgan fingerprint density at radius 3 is 1.76 bits per heavy atom. The van der Waals surface area contributed by atoms with Crippen molar-refractivity contribution in [2.75, 3.05) is 39.4 Å². The average molecular weight is 493 g/mol. The molecule has 5 nitrogen and oxygen atoms in total. The van der Waals surface area contributed by atoms with Crippen LogP contribution in [0.25, 0.3) is 0 Å². The highest BCUT2D eigenvalue weighted by Gasteiger charge is 2.42. The fraction of sp³-hybridized carbons (Fsp3) is 0.500. The third-order valence-electron chi connectivity index (χ3n) is 6.84. The monoisotopic (exact) mass is 492 g/mol. The number of aliphatic hydroxyl groups is 1. The van der Waals surface area contributed by atoms with Crippen molar-refractivity contribution in [3.63, 3.8) is 0 Å². The first-order valence-electron chi connectivity index (χ1n) is 11.7. The fourth-order valence-electron chi connectivity index (χ4n) is 4.75.